The second-order valence-corrected chi connectivity index (χ2v) is 8.50. The highest BCUT2D eigenvalue weighted by Gasteiger charge is 2.23. The number of nitrogens with zero attached hydrogens (tertiary/aromatic N) is 1. The Morgan fingerprint density at radius 3 is 2.41 bits per heavy atom. The van der Waals surface area contributed by atoms with E-state index in [4.69, 9.17) is 32.7 Å². The van der Waals surface area contributed by atoms with Crippen molar-refractivity contribution in [3.8, 4) is 11.5 Å². The summed E-state index contributed by atoms with van der Waals surface area (Å²) in [4.78, 5) is 12.0. The first kappa shape index (κ1) is 21.3. The minimum atomic E-state index is -3.74. The lowest BCUT2D eigenvalue weighted by Crippen LogP contribution is -2.24. The fraction of sp³-hybridized carbons (Fsp3) is 0.235. The van der Waals surface area contributed by atoms with Crippen LogP contribution in [0, 0.1) is 0 Å². The highest BCUT2D eigenvalue weighted by Crippen LogP contribution is 2.29. The molecule has 0 heterocycles. The zero-order valence-corrected chi connectivity index (χ0v) is 17.2. The molecule has 2 rings (SSSR count). The lowest BCUT2D eigenvalue weighted by Gasteiger charge is -2.16. The summed E-state index contributed by atoms with van der Waals surface area (Å²) in [6.45, 7) is -0.292. The van der Waals surface area contributed by atoms with Crippen molar-refractivity contribution in [2.75, 3.05) is 33.1 Å². The average molecular weight is 433 g/mol. The molecule has 2 aromatic rings. The molecule has 0 aliphatic carbocycles. The minimum Gasteiger partial charge on any atom is -0.495 e. The summed E-state index contributed by atoms with van der Waals surface area (Å²) < 4.78 is 36.3. The second-order valence-electron chi connectivity index (χ2n) is 5.57. The third-order valence-corrected chi connectivity index (χ3v) is 6.04. The van der Waals surface area contributed by atoms with E-state index in [0.29, 0.717) is 21.5 Å². The van der Waals surface area contributed by atoms with Gasteiger partial charge in [0.15, 0.2) is 6.61 Å². The predicted molar refractivity (Wildman–Crippen MR) is 104 cm³/mol. The van der Waals surface area contributed by atoms with Gasteiger partial charge in [-0.15, -0.1) is 0 Å². The highest BCUT2D eigenvalue weighted by atomic mass is 35.5. The Labute approximate surface area is 167 Å². The first-order valence-electron chi connectivity index (χ1n) is 7.63. The first-order valence-corrected chi connectivity index (χ1v) is 9.83. The number of amides is 1. The van der Waals surface area contributed by atoms with Gasteiger partial charge in [0.25, 0.3) is 5.91 Å². The molecule has 1 N–H and O–H groups in total. The Balaban J connectivity index is 2.12. The molecule has 2 aromatic carbocycles. The van der Waals surface area contributed by atoms with Crippen LogP contribution in [0.3, 0.4) is 0 Å². The number of ether oxygens (including phenoxy) is 2. The topological polar surface area (TPSA) is 84.9 Å². The molecule has 0 aliphatic heterocycles. The number of carbonyl (C=O) groups is 1. The van der Waals surface area contributed by atoms with Crippen molar-refractivity contribution in [1.82, 2.24) is 4.31 Å². The van der Waals surface area contributed by atoms with Gasteiger partial charge in [0, 0.05) is 25.8 Å². The van der Waals surface area contributed by atoms with Gasteiger partial charge in [-0.1, -0.05) is 23.2 Å². The standard InChI is InChI=1S/C17H18Cl2N2O5S/c1-21(2)27(23,24)16-8-11(4-7-15(16)25-3)20-17(22)10-26-12-5-6-13(18)14(19)9-12/h4-9H,10H2,1-3H3,(H,20,22). The molecule has 0 unspecified atom stereocenters. The fourth-order valence-corrected chi connectivity index (χ4v) is 3.43. The fourth-order valence-electron chi connectivity index (χ4n) is 2.07. The maximum atomic E-state index is 12.4. The van der Waals surface area contributed by atoms with Crippen molar-refractivity contribution in [2.45, 2.75) is 4.90 Å². The predicted octanol–water partition coefficient (Wildman–Crippen LogP) is 3.27. The van der Waals surface area contributed by atoms with Crippen LogP contribution >= 0.6 is 23.2 Å². The lowest BCUT2D eigenvalue weighted by molar-refractivity contribution is -0.118. The van der Waals surface area contributed by atoms with Gasteiger partial charge in [0.1, 0.15) is 16.4 Å². The van der Waals surface area contributed by atoms with E-state index in [1.165, 1.54) is 45.5 Å². The molecule has 0 spiro atoms. The number of hydrogen-bond acceptors (Lipinski definition) is 5. The van der Waals surface area contributed by atoms with Crippen molar-refractivity contribution < 1.29 is 22.7 Å². The maximum absolute atomic E-state index is 12.4. The molecule has 0 aliphatic rings. The molecule has 10 heteroatoms. The van der Waals surface area contributed by atoms with Gasteiger partial charge in [-0.25, -0.2) is 12.7 Å². The van der Waals surface area contributed by atoms with E-state index < -0.39 is 15.9 Å². The minimum absolute atomic E-state index is 0.0572. The molecule has 0 saturated heterocycles. The van der Waals surface area contributed by atoms with Gasteiger partial charge in [-0.3, -0.25) is 4.79 Å². The second kappa shape index (κ2) is 8.79. The number of sulfonamides is 1. The number of nitrogens with one attached hydrogen (secondary N) is 1. The summed E-state index contributed by atoms with van der Waals surface area (Å²) in [5.41, 5.74) is 0.291. The number of anilines is 1. The van der Waals surface area contributed by atoms with Gasteiger partial charge in [0.2, 0.25) is 10.0 Å². The van der Waals surface area contributed by atoms with Crippen LogP contribution in [-0.4, -0.2) is 46.4 Å². The van der Waals surface area contributed by atoms with Crippen LogP contribution in [0.15, 0.2) is 41.3 Å². The molecule has 0 radical (unpaired) electrons. The average Bonchev–Trinajstić information content (AvgIpc) is 2.62. The number of carbonyl (C=O) groups excluding carboxylic acids is 1. The van der Waals surface area contributed by atoms with Crippen molar-refractivity contribution in [3.05, 3.63) is 46.4 Å². The molecule has 0 fully saturated rings. The number of hydrogen-bond donors (Lipinski definition) is 1. The van der Waals surface area contributed by atoms with Crippen molar-refractivity contribution in [1.29, 1.82) is 0 Å². The van der Waals surface area contributed by atoms with E-state index in [2.05, 4.69) is 5.32 Å². The van der Waals surface area contributed by atoms with Gasteiger partial charge in [-0.05, 0) is 30.3 Å². The maximum Gasteiger partial charge on any atom is 0.262 e. The van der Waals surface area contributed by atoms with Gasteiger partial charge in [0.05, 0.1) is 17.2 Å². The summed E-state index contributed by atoms with van der Waals surface area (Å²) in [5.74, 6) is 0.0818. The zero-order chi connectivity index (χ0) is 20.2. The van der Waals surface area contributed by atoms with E-state index in [1.807, 2.05) is 0 Å². The quantitative estimate of drug-likeness (QED) is 0.725. The normalized spacial score (nSPS) is 11.3. The molecule has 146 valence electrons. The molecule has 7 nitrogen and oxygen atoms in total. The zero-order valence-electron chi connectivity index (χ0n) is 14.8. The third kappa shape index (κ3) is 5.26. The summed E-state index contributed by atoms with van der Waals surface area (Å²) in [6, 6.07) is 8.95. The van der Waals surface area contributed by atoms with E-state index >= 15 is 0 Å². The smallest absolute Gasteiger partial charge is 0.262 e. The van der Waals surface area contributed by atoms with Crippen molar-refractivity contribution >= 4 is 44.8 Å². The van der Waals surface area contributed by atoms with Crippen LogP contribution < -0.4 is 14.8 Å². The van der Waals surface area contributed by atoms with Crippen LogP contribution in [0.25, 0.3) is 0 Å². The Bertz CT molecular complexity index is 948. The Morgan fingerprint density at radius 2 is 1.81 bits per heavy atom. The highest BCUT2D eigenvalue weighted by molar-refractivity contribution is 7.89. The van der Waals surface area contributed by atoms with Crippen LogP contribution in [0.2, 0.25) is 10.0 Å². The Hall–Kier alpha value is -2.00. The molecule has 27 heavy (non-hydrogen) atoms. The van der Waals surface area contributed by atoms with Crippen LogP contribution in [-0.2, 0) is 14.8 Å². The lowest BCUT2D eigenvalue weighted by atomic mass is 10.3. The van der Waals surface area contributed by atoms with Crippen LogP contribution in [0.4, 0.5) is 5.69 Å². The first-order chi connectivity index (χ1) is 12.6. The number of halogens is 2. The van der Waals surface area contributed by atoms with E-state index in [9.17, 15) is 13.2 Å². The monoisotopic (exact) mass is 432 g/mol. The molecule has 1 amide bonds. The largest absolute Gasteiger partial charge is 0.495 e. The van der Waals surface area contributed by atoms with E-state index in [-0.39, 0.29) is 17.3 Å². The van der Waals surface area contributed by atoms with Crippen molar-refractivity contribution in [3.63, 3.8) is 0 Å². The number of methoxy groups -OCH3 is 1. The molecular weight excluding hydrogens is 415 g/mol. The number of rotatable bonds is 7. The van der Waals surface area contributed by atoms with Gasteiger partial charge in [-0.2, -0.15) is 0 Å². The summed E-state index contributed by atoms with van der Waals surface area (Å²) in [6.07, 6.45) is 0. The van der Waals surface area contributed by atoms with Crippen molar-refractivity contribution in [2.24, 2.45) is 0 Å². The molecule has 0 atom stereocenters. The summed E-state index contributed by atoms with van der Waals surface area (Å²) in [7, 11) is 0.441. The number of benzene rings is 2. The summed E-state index contributed by atoms with van der Waals surface area (Å²) in [5, 5.41) is 3.26. The van der Waals surface area contributed by atoms with Gasteiger partial charge >= 0.3 is 0 Å². The molecule has 0 aromatic heterocycles. The summed E-state index contributed by atoms with van der Waals surface area (Å²) >= 11 is 11.7. The van der Waals surface area contributed by atoms with Crippen LogP contribution in [0.1, 0.15) is 0 Å². The van der Waals surface area contributed by atoms with E-state index in [1.54, 1.807) is 12.1 Å². The Kier molecular flexibility index (Phi) is 6.94. The SMILES string of the molecule is COc1ccc(NC(=O)COc2ccc(Cl)c(Cl)c2)cc1S(=O)(=O)N(C)C. The van der Waals surface area contributed by atoms with Crippen LogP contribution in [0.5, 0.6) is 11.5 Å². The molecular formula is C17H18Cl2N2O5S. The molecule has 0 saturated carbocycles. The third-order valence-electron chi connectivity index (χ3n) is 3.47. The van der Waals surface area contributed by atoms with Gasteiger partial charge < -0.3 is 14.8 Å². The molecule has 0 bridgehead atoms. The van der Waals surface area contributed by atoms with E-state index in [0.717, 1.165) is 4.31 Å². The Morgan fingerprint density at radius 1 is 1.11 bits per heavy atom.